The number of aliphatic hydroxyl groups excluding tert-OH is 2. The third-order valence-electron chi connectivity index (χ3n) is 6.85. The number of halogens is 1. The van der Waals surface area contributed by atoms with E-state index in [4.69, 9.17) is 9.52 Å². The van der Waals surface area contributed by atoms with E-state index in [1.807, 2.05) is 49.6 Å². The molecule has 2 atom stereocenters. The molecule has 0 unspecified atom stereocenters. The maximum atomic E-state index is 14.0. The number of anilines is 1. The van der Waals surface area contributed by atoms with Gasteiger partial charge in [-0.2, -0.15) is 0 Å². The van der Waals surface area contributed by atoms with Crippen molar-refractivity contribution in [3.05, 3.63) is 89.6 Å². The van der Waals surface area contributed by atoms with Crippen LogP contribution in [-0.4, -0.2) is 44.0 Å². The second-order valence-electron chi connectivity index (χ2n) is 10.5. The Labute approximate surface area is 238 Å². The van der Waals surface area contributed by atoms with Crippen molar-refractivity contribution in [2.75, 3.05) is 5.32 Å². The summed E-state index contributed by atoms with van der Waals surface area (Å²) in [6.45, 7) is 5.98. The minimum absolute atomic E-state index is 0.109. The van der Waals surface area contributed by atoms with Gasteiger partial charge in [-0.25, -0.2) is 4.39 Å². The summed E-state index contributed by atoms with van der Waals surface area (Å²) in [5.74, 6) is -0.924. The number of nitrogens with one attached hydrogen (secondary N) is 1. The Balaban J connectivity index is 1.89. The molecule has 8 nitrogen and oxygen atoms in total. The molecule has 2 heterocycles. The number of furan rings is 1. The third kappa shape index (κ3) is 7.11. The summed E-state index contributed by atoms with van der Waals surface area (Å²) in [4.78, 5) is 25.0. The number of carboxylic acids is 1. The normalized spacial score (nSPS) is 12.9. The van der Waals surface area contributed by atoms with E-state index >= 15 is 0 Å². The fourth-order valence-corrected chi connectivity index (χ4v) is 5.13. The predicted octanol–water partition coefficient (Wildman–Crippen LogP) is 6.22. The van der Waals surface area contributed by atoms with E-state index in [-0.39, 0.29) is 31.2 Å². The van der Waals surface area contributed by atoms with Crippen molar-refractivity contribution in [1.82, 2.24) is 4.57 Å². The minimum atomic E-state index is -1.19. The summed E-state index contributed by atoms with van der Waals surface area (Å²) in [5, 5.41) is 32.7. The second-order valence-corrected chi connectivity index (χ2v) is 10.5. The van der Waals surface area contributed by atoms with Gasteiger partial charge in [-0.15, -0.1) is 0 Å². The van der Waals surface area contributed by atoms with Gasteiger partial charge in [0.15, 0.2) is 0 Å². The van der Waals surface area contributed by atoms with Gasteiger partial charge in [0, 0.05) is 17.9 Å². The lowest BCUT2D eigenvalue weighted by Crippen LogP contribution is -2.22. The van der Waals surface area contributed by atoms with Crippen LogP contribution in [0.25, 0.3) is 22.6 Å². The van der Waals surface area contributed by atoms with Gasteiger partial charge in [-0.1, -0.05) is 32.0 Å². The summed E-state index contributed by atoms with van der Waals surface area (Å²) >= 11 is 0. The minimum Gasteiger partial charge on any atom is -0.481 e. The number of aliphatic carboxylic acids is 1. The molecule has 0 radical (unpaired) electrons. The summed E-state index contributed by atoms with van der Waals surface area (Å²) < 4.78 is 22.0. The number of para-hydroxylation sites is 1. The van der Waals surface area contributed by atoms with Crippen molar-refractivity contribution < 1.29 is 33.7 Å². The summed E-state index contributed by atoms with van der Waals surface area (Å²) in [5.41, 5.74) is 3.53. The smallest absolute Gasteiger partial charge is 0.305 e. The monoisotopic (exact) mass is 562 g/mol. The first kappa shape index (κ1) is 29.8. The molecule has 0 aliphatic heterocycles. The van der Waals surface area contributed by atoms with E-state index in [0.29, 0.717) is 45.3 Å². The molecule has 0 fully saturated rings. The van der Waals surface area contributed by atoms with Crippen LogP contribution in [0.3, 0.4) is 0 Å². The first-order chi connectivity index (χ1) is 19.5. The van der Waals surface area contributed by atoms with Crippen LogP contribution in [0.1, 0.15) is 60.8 Å². The lowest BCUT2D eigenvalue weighted by Gasteiger charge is -2.20. The molecule has 9 heteroatoms. The number of rotatable bonds is 12. The maximum absolute atomic E-state index is 14.0. The van der Waals surface area contributed by atoms with Gasteiger partial charge in [-0.05, 0) is 79.8 Å². The Morgan fingerprint density at radius 1 is 0.976 bits per heavy atom. The highest BCUT2D eigenvalue weighted by molar-refractivity contribution is 6.12. The Hall–Kier alpha value is -4.21. The number of aliphatic hydroxyl groups is 2. The van der Waals surface area contributed by atoms with E-state index in [9.17, 15) is 24.2 Å². The number of hydrogen-bond donors (Lipinski definition) is 4. The maximum Gasteiger partial charge on any atom is 0.305 e. The fraction of sp³-hybridized carbons (Fsp3) is 0.312. The third-order valence-corrected chi connectivity index (χ3v) is 6.85. The van der Waals surface area contributed by atoms with Gasteiger partial charge >= 0.3 is 5.97 Å². The molecule has 0 saturated heterocycles. The van der Waals surface area contributed by atoms with Crippen LogP contribution in [0, 0.1) is 12.7 Å². The first-order valence-electron chi connectivity index (χ1n) is 13.6. The van der Waals surface area contributed by atoms with Crippen molar-refractivity contribution in [1.29, 1.82) is 0 Å². The van der Waals surface area contributed by atoms with Gasteiger partial charge in [0.25, 0.3) is 5.91 Å². The molecular formula is C32H35FN2O6. The topological polar surface area (TPSA) is 125 Å². The lowest BCUT2D eigenvalue weighted by atomic mass is 9.98. The molecule has 0 spiro atoms. The van der Waals surface area contributed by atoms with Crippen LogP contribution in [-0.2, 0) is 11.3 Å². The van der Waals surface area contributed by atoms with Crippen molar-refractivity contribution in [2.45, 2.75) is 64.7 Å². The zero-order valence-corrected chi connectivity index (χ0v) is 23.3. The van der Waals surface area contributed by atoms with E-state index in [1.54, 1.807) is 30.3 Å². The molecule has 216 valence electrons. The van der Waals surface area contributed by atoms with Gasteiger partial charge in [0.2, 0.25) is 0 Å². The van der Waals surface area contributed by atoms with Crippen molar-refractivity contribution in [3.8, 4) is 22.6 Å². The van der Waals surface area contributed by atoms with Crippen LogP contribution in [0.15, 0.2) is 71.1 Å². The fourth-order valence-electron chi connectivity index (χ4n) is 5.13. The number of hydrogen-bond acceptors (Lipinski definition) is 5. The summed E-state index contributed by atoms with van der Waals surface area (Å²) in [6.07, 6.45) is -2.59. The number of carboxylic acid groups (broad SMARTS) is 1. The molecule has 0 aliphatic carbocycles. The Morgan fingerprint density at radius 3 is 2.24 bits per heavy atom. The Kier molecular flexibility index (Phi) is 9.42. The zero-order valence-electron chi connectivity index (χ0n) is 23.3. The van der Waals surface area contributed by atoms with Gasteiger partial charge in [0.05, 0.1) is 35.4 Å². The average Bonchev–Trinajstić information content (AvgIpc) is 3.49. The molecule has 4 aromatic rings. The summed E-state index contributed by atoms with van der Waals surface area (Å²) in [7, 11) is 0. The number of aryl methyl sites for hydroxylation is 1. The van der Waals surface area contributed by atoms with Crippen LogP contribution in [0.5, 0.6) is 0 Å². The second kappa shape index (κ2) is 13.0. The lowest BCUT2D eigenvalue weighted by molar-refractivity contribution is -0.139. The van der Waals surface area contributed by atoms with Gasteiger partial charge in [0.1, 0.15) is 17.3 Å². The molecule has 0 saturated carbocycles. The van der Waals surface area contributed by atoms with Crippen LogP contribution in [0.4, 0.5) is 10.1 Å². The van der Waals surface area contributed by atoms with Gasteiger partial charge in [-0.3, -0.25) is 9.59 Å². The largest absolute Gasteiger partial charge is 0.481 e. The Bertz CT molecular complexity index is 1490. The van der Waals surface area contributed by atoms with E-state index in [2.05, 4.69) is 5.32 Å². The predicted molar refractivity (Wildman–Crippen MR) is 154 cm³/mol. The number of aromatic nitrogens is 1. The van der Waals surface area contributed by atoms with Crippen LogP contribution >= 0.6 is 0 Å². The number of carbonyl (C=O) groups excluding carboxylic acids is 1. The van der Waals surface area contributed by atoms with E-state index in [0.717, 1.165) is 0 Å². The standard InChI is InChI=1S/C32H35FN2O6/c1-19(2)30-29(32(40)34-23-7-5-4-6-8-23)28(26-14-9-20(3)41-26)31(21-10-12-22(33)13-11-21)35(30)16-15-24(36)17-25(37)18-27(38)39/h4-14,19,24-25,36-37H,15-18H2,1-3H3,(H,34,40)(H,38,39)/t24-,25-/m1/s1. The Morgan fingerprint density at radius 2 is 1.66 bits per heavy atom. The highest BCUT2D eigenvalue weighted by Gasteiger charge is 2.32. The van der Waals surface area contributed by atoms with Gasteiger partial charge < -0.3 is 29.6 Å². The van der Waals surface area contributed by atoms with Crippen LogP contribution in [0.2, 0.25) is 0 Å². The molecule has 0 bridgehead atoms. The molecule has 2 aromatic heterocycles. The molecule has 4 N–H and O–H groups in total. The highest BCUT2D eigenvalue weighted by Crippen LogP contribution is 2.43. The van der Waals surface area contributed by atoms with Crippen LogP contribution < -0.4 is 5.32 Å². The number of carbonyl (C=O) groups is 2. The van der Waals surface area contributed by atoms with E-state index in [1.165, 1.54) is 12.1 Å². The summed E-state index contributed by atoms with van der Waals surface area (Å²) in [6, 6.07) is 18.7. The number of nitrogens with zero attached hydrogens (tertiary/aromatic N) is 1. The van der Waals surface area contributed by atoms with E-state index < -0.39 is 30.4 Å². The molecule has 41 heavy (non-hydrogen) atoms. The number of amides is 1. The van der Waals surface area contributed by atoms with Crippen molar-refractivity contribution in [2.24, 2.45) is 0 Å². The molecule has 1 amide bonds. The number of benzene rings is 2. The molecule has 0 aliphatic rings. The van der Waals surface area contributed by atoms with Crippen molar-refractivity contribution in [3.63, 3.8) is 0 Å². The SMILES string of the molecule is Cc1ccc(-c2c(C(=O)Nc3ccccc3)c(C(C)C)n(CC[C@@H](O)C[C@@H](O)CC(=O)O)c2-c2ccc(F)cc2)o1. The quantitative estimate of drug-likeness (QED) is 0.163. The zero-order chi connectivity index (χ0) is 29.7. The average molecular weight is 563 g/mol. The molecule has 4 rings (SSSR count). The molecule has 2 aromatic carbocycles. The first-order valence-corrected chi connectivity index (χ1v) is 13.6. The highest BCUT2D eigenvalue weighted by atomic mass is 19.1. The molecular weight excluding hydrogens is 527 g/mol. The van der Waals surface area contributed by atoms with Crippen molar-refractivity contribution >= 4 is 17.6 Å².